The third-order valence-electron chi connectivity index (χ3n) is 3.05. The molecule has 0 spiro atoms. The molecule has 5 heteroatoms. The molecular weight excluding hydrogens is 246 g/mol. The van der Waals surface area contributed by atoms with Gasteiger partial charge in [-0.2, -0.15) is 0 Å². The predicted octanol–water partition coefficient (Wildman–Crippen LogP) is 2.26. The van der Waals surface area contributed by atoms with Gasteiger partial charge in [0.05, 0.1) is 6.10 Å². The molecule has 0 amide bonds. The van der Waals surface area contributed by atoms with Crippen LogP contribution in [-0.4, -0.2) is 37.3 Å². The molecule has 1 aliphatic heterocycles. The summed E-state index contributed by atoms with van der Waals surface area (Å²) in [6.45, 7) is 7.09. The molecule has 0 radical (unpaired) electrons. The first-order chi connectivity index (χ1) is 8.65. The molecule has 1 N–H and O–H groups in total. The number of rotatable bonds is 6. The van der Waals surface area contributed by atoms with Gasteiger partial charge in [-0.15, -0.1) is 11.3 Å². The fourth-order valence-corrected chi connectivity index (χ4v) is 2.86. The molecule has 1 aliphatic rings. The van der Waals surface area contributed by atoms with E-state index in [0.29, 0.717) is 12.1 Å². The van der Waals surface area contributed by atoms with E-state index in [9.17, 15) is 0 Å². The minimum atomic E-state index is 0.385. The molecule has 2 rings (SSSR count). The lowest BCUT2D eigenvalue weighted by Crippen LogP contribution is -2.28. The molecule has 1 atom stereocenters. The van der Waals surface area contributed by atoms with Crippen LogP contribution in [-0.2, 0) is 11.3 Å². The van der Waals surface area contributed by atoms with Crippen molar-refractivity contribution in [3.05, 3.63) is 11.1 Å². The first-order valence-electron chi connectivity index (χ1n) is 6.66. The van der Waals surface area contributed by atoms with Crippen LogP contribution >= 0.6 is 11.3 Å². The van der Waals surface area contributed by atoms with Gasteiger partial charge in [0, 0.05) is 43.9 Å². The summed E-state index contributed by atoms with van der Waals surface area (Å²) in [5.41, 5.74) is 0. The molecule has 1 aromatic heterocycles. The number of aromatic nitrogens is 1. The average molecular weight is 269 g/mol. The number of anilines is 1. The number of hydrogen-bond donors (Lipinski definition) is 1. The van der Waals surface area contributed by atoms with E-state index in [2.05, 4.69) is 36.1 Å². The van der Waals surface area contributed by atoms with E-state index in [1.54, 1.807) is 11.3 Å². The zero-order valence-electron chi connectivity index (χ0n) is 11.5. The van der Waals surface area contributed by atoms with Gasteiger partial charge in [-0.05, 0) is 12.8 Å². The highest BCUT2D eigenvalue weighted by Gasteiger charge is 2.18. The lowest BCUT2D eigenvalue weighted by Gasteiger charge is -2.19. The van der Waals surface area contributed by atoms with Gasteiger partial charge in [0.25, 0.3) is 0 Å². The second kappa shape index (κ2) is 6.50. The van der Waals surface area contributed by atoms with Crippen LogP contribution in [0.15, 0.2) is 6.20 Å². The Hall–Kier alpha value is -0.650. The zero-order chi connectivity index (χ0) is 13.0. The maximum atomic E-state index is 5.65. The summed E-state index contributed by atoms with van der Waals surface area (Å²) in [5, 5.41) is 4.50. The van der Waals surface area contributed by atoms with Crippen molar-refractivity contribution in [2.45, 2.75) is 45.4 Å². The second-order valence-corrected chi connectivity index (χ2v) is 6.25. The molecular formula is C13H23N3OS. The topological polar surface area (TPSA) is 37.4 Å². The van der Waals surface area contributed by atoms with Gasteiger partial charge >= 0.3 is 0 Å². The Morgan fingerprint density at radius 3 is 3.11 bits per heavy atom. The Bertz CT molecular complexity index is 361. The lowest BCUT2D eigenvalue weighted by molar-refractivity contribution is 0.116. The van der Waals surface area contributed by atoms with Gasteiger partial charge in [0.2, 0.25) is 0 Å². The maximum absolute atomic E-state index is 5.65. The van der Waals surface area contributed by atoms with Gasteiger partial charge in [-0.1, -0.05) is 13.8 Å². The summed E-state index contributed by atoms with van der Waals surface area (Å²) in [5.74, 6) is 0. The lowest BCUT2D eigenvalue weighted by atomic mass is 10.2. The number of thiazole rings is 1. The van der Waals surface area contributed by atoms with Crippen molar-refractivity contribution in [1.82, 2.24) is 10.3 Å². The van der Waals surface area contributed by atoms with Crippen LogP contribution in [0.5, 0.6) is 0 Å². The van der Waals surface area contributed by atoms with Crippen LogP contribution in [0, 0.1) is 0 Å². The molecule has 1 aromatic rings. The van der Waals surface area contributed by atoms with Gasteiger partial charge in [-0.3, -0.25) is 0 Å². The number of nitrogens with zero attached hydrogens (tertiary/aromatic N) is 2. The van der Waals surface area contributed by atoms with Gasteiger partial charge in [0.15, 0.2) is 5.13 Å². The highest BCUT2D eigenvalue weighted by atomic mass is 32.1. The average Bonchev–Trinajstić information content (AvgIpc) is 2.96. The first-order valence-corrected chi connectivity index (χ1v) is 7.47. The number of likely N-dealkylation sites (N-methyl/N-ethyl adjacent to an activating group) is 1. The van der Waals surface area contributed by atoms with E-state index in [-0.39, 0.29) is 0 Å². The Balaban J connectivity index is 1.84. The van der Waals surface area contributed by atoms with Crippen LogP contribution in [0.3, 0.4) is 0 Å². The van der Waals surface area contributed by atoms with Crippen molar-refractivity contribution in [1.29, 1.82) is 0 Å². The fourth-order valence-electron chi connectivity index (χ4n) is 2.03. The monoisotopic (exact) mass is 269 g/mol. The molecule has 2 heterocycles. The second-order valence-electron chi connectivity index (χ2n) is 5.16. The minimum Gasteiger partial charge on any atom is -0.376 e. The fraction of sp³-hybridized carbons (Fsp3) is 0.769. The Morgan fingerprint density at radius 2 is 2.44 bits per heavy atom. The third kappa shape index (κ3) is 3.93. The quantitative estimate of drug-likeness (QED) is 0.859. The van der Waals surface area contributed by atoms with Crippen LogP contribution in [0.1, 0.15) is 31.6 Å². The number of ether oxygens (including phenoxy) is 1. The van der Waals surface area contributed by atoms with E-state index in [1.807, 2.05) is 6.20 Å². The zero-order valence-corrected chi connectivity index (χ0v) is 12.3. The number of nitrogens with one attached hydrogen (secondary N) is 1. The van der Waals surface area contributed by atoms with Crippen LogP contribution in [0.25, 0.3) is 0 Å². The van der Waals surface area contributed by atoms with Crippen LogP contribution in [0.4, 0.5) is 5.13 Å². The molecule has 18 heavy (non-hydrogen) atoms. The smallest absolute Gasteiger partial charge is 0.185 e. The summed E-state index contributed by atoms with van der Waals surface area (Å²) in [4.78, 5) is 7.98. The van der Waals surface area contributed by atoms with Crippen molar-refractivity contribution in [2.75, 3.05) is 25.1 Å². The van der Waals surface area contributed by atoms with E-state index in [4.69, 9.17) is 4.74 Å². The van der Waals surface area contributed by atoms with Crippen molar-refractivity contribution >= 4 is 16.5 Å². The van der Waals surface area contributed by atoms with Crippen molar-refractivity contribution < 1.29 is 4.74 Å². The molecule has 1 unspecified atom stereocenters. The van der Waals surface area contributed by atoms with Crippen LogP contribution < -0.4 is 10.2 Å². The summed E-state index contributed by atoms with van der Waals surface area (Å²) in [6.07, 6.45) is 4.73. The molecule has 0 bridgehead atoms. The van der Waals surface area contributed by atoms with Crippen molar-refractivity contribution in [3.63, 3.8) is 0 Å². The molecule has 0 aliphatic carbocycles. The predicted molar refractivity (Wildman–Crippen MR) is 76.3 cm³/mol. The van der Waals surface area contributed by atoms with E-state index >= 15 is 0 Å². The molecule has 1 fully saturated rings. The molecule has 0 saturated carbocycles. The Labute approximate surface area is 113 Å². The minimum absolute atomic E-state index is 0.385. The van der Waals surface area contributed by atoms with Crippen LogP contribution in [0.2, 0.25) is 0 Å². The summed E-state index contributed by atoms with van der Waals surface area (Å²) in [7, 11) is 2.10. The van der Waals surface area contributed by atoms with Gasteiger partial charge < -0.3 is 15.0 Å². The maximum Gasteiger partial charge on any atom is 0.185 e. The molecule has 4 nitrogen and oxygen atoms in total. The number of hydrogen-bond acceptors (Lipinski definition) is 5. The van der Waals surface area contributed by atoms with Crippen molar-refractivity contribution in [2.24, 2.45) is 0 Å². The summed E-state index contributed by atoms with van der Waals surface area (Å²) >= 11 is 1.76. The highest BCUT2D eigenvalue weighted by molar-refractivity contribution is 7.15. The highest BCUT2D eigenvalue weighted by Crippen LogP contribution is 2.23. The largest absolute Gasteiger partial charge is 0.376 e. The van der Waals surface area contributed by atoms with E-state index < -0.39 is 0 Å². The molecule has 102 valence electrons. The van der Waals surface area contributed by atoms with Gasteiger partial charge in [0.1, 0.15) is 0 Å². The van der Waals surface area contributed by atoms with E-state index in [1.165, 1.54) is 17.7 Å². The van der Waals surface area contributed by atoms with Gasteiger partial charge in [-0.25, -0.2) is 4.98 Å². The Kier molecular flexibility index (Phi) is 4.97. The normalized spacial score (nSPS) is 19.7. The molecule has 1 saturated heterocycles. The van der Waals surface area contributed by atoms with E-state index in [0.717, 1.165) is 24.8 Å². The molecule has 0 aromatic carbocycles. The SMILES string of the molecule is CC(C)NCc1cnc(N(C)CC2CCCO2)s1. The van der Waals surface area contributed by atoms with Crippen molar-refractivity contribution in [3.8, 4) is 0 Å². The Morgan fingerprint density at radius 1 is 1.61 bits per heavy atom. The summed E-state index contributed by atoms with van der Waals surface area (Å²) < 4.78 is 5.65. The standard InChI is InChI=1S/C13H23N3OS/c1-10(2)14-7-12-8-15-13(18-12)16(3)9-11-5-4-6-17-11/h8,10-11,14H,4-7,9H2,1-3H3. The first kappa shape index (κ1) is 13.8. The summed E-state index contributed by atoms with van der Waals surface area (Å²) in [6, 6.07) is 0.514. The third-order valence-corrected chi connectivity index (χ3v) is 4.17.